The first-order valence-corrected chi connectivity index (χ1v) is 9.11. The molecule has 140 valence electrons. The number of hydrogen-bond acceptors (Lipinski definition) is 2. The molecule has 1 amide bonds. The van der Waals surface area contributed by atoms with Crippen LogP contribution in [0.3, 0.4) is 0 Å². The standard InChI is InChI=1S/C23H26N2O2/c1-16-8-7-11-21(12-16)25-17(2)13-22(18(25)3)23(26)24-14-19-9-5-6-10-20(19)15-27-4/h5-13H,14-15H2,1-4H3,(H,24,26). The van der Waals surface area contributed by atoms with Crippen LogP contribution in [0.2, 0.25) is 0 Å². The SMILES string of the molecule is COCc1ccccc1CNC(=O)c1cc(C)n(-c2cccc(C)c2)c1C. The fraction of sp³-hybridized carbons (Fsp3) is 0.261. The van der Waals surface area contributed by atoms with Crippen molar-refractivity contribution in [2.24, 2.45) is 0 Å². The highest BCUT2D eigenvalue weighted by atomic mass is 16.5. The Morgan fingerprint density at radius 1 is 1.00 bits per heavy atom. The number of carbonyl (C=O) groups is 1. The second kappa shape index (κ2) is 8.23. The Labute approximate surface area is 160 Å². The van der Waals surface area contributed by atoms with Crippen LogP contribution < -0.4 is 5.32 Å². The highest BCUT2D eigenvalue weighted by Crippen LogP contribution is 2.21. The van der Waals surface area contributed by atoms with E-state index in [1.165, 1.54) is 5.56 Å². The summed E-state index contributed by atoms with van der Waals surface area (Å²) in [6.45, 7) is 7.10. The fourth-order valence-electron chi connectivity index (χ4n) is 3.45. The fourth-order valence-corrected chi connectivity index (χ4v) is 3.45. The Balaban J connectivity index is 1.81. The van der Waals surface area contributed by atoms with Gasteiger partial charge in [0, 0.05) is 30.7 Å². The lowest BCUT2D eigenvalue weighted by atomic mass is 10.1. The highest BCUT2D eigenvalue weighted by Gasteiger charge is 2.17. The van der Waals surface area contributed by atoms with Gasteiger partial charge in [-0.15, -0.1) is 0 Å². The molecule has 0 spiro atoms. The van der Waals surface area contributed by atoms with E-state index in [-0.39, 0.29) is 5.91 Å². The summed E-state index contributed by atoms with van der Waals surface area (Å²) in [6.07, 6.45) is 0. The third-order valence-electron chi connectivity index (χ3n) is 4.79. The molecule has 1 N–H and O–H groups in total. The largest absolute Gasteiger partial charge is 0.380 e. The van der Waals surface area contributed by atoms with Crippen LogP contribution in [-0.4, -0.2) is 17.6 Å². The second-order valence-corrected chi connectivity index (χ2v) is 6.84. The van der Waals surface area contributed by atoms with Crippen molar-refractivity contribution in [3.63, 3.8) is 0 Å². The zero-order valence-electron chi connectivity index (χ0n) is 16.4. The third-order valence-corrected chi connectivity index (χ3v) is 4.79. The molecule has 0 radical (unpaired) electrons. The van der Waals surface area contributed by atoms with Gasteiger partial charge in [0.2, 0.25) is 0 Å². The van der Waals surface area contributed by atoms with E-state index in [2.05, 4.69) is 35.0 Å². The molecule has 0 saturated heterocycles. The number of rotatable bonds is 6. The number of aryl methyl sites for hydroxylation is 2. The molecule has 0 bridgehead atoms. The van der Waals surface area contributed by atoms with Gasteiger partial charge in [0.1, 0.15) is 0 Å². The number of nitrogens with zero attached hydrogens (tertiary/aromatic N) is 1. The van der Waals surface area contributed by atoms with Gasteiger partial charge in [-0.05, 0) is 55.7 Å². The average Bonchev–Trinajstić information content (AvgIpc) is 2.95. The van der Waals surface area contributed by atoms with E-state index in [0.29, 0.717) is 18.7 Å². The zero-order valence-corrected chi connectivity index (χ0v) is 16.4. The maximum atomic E-state index is 12.8. The summed E-state index contributed by atoms with van der Waals surface area (Å²) in [4.78, 5) is 12.8. The predicted molar refractivity (Wildman–Crippen MR) is 108 cm³/mol. The monoisotopic (exact) mass is 362 g/mol. The molecule has 0 atom stereocenters. The van der Waals surface area contributed by atoms with Crippen molar-refractivity contribution in [2.75, 3.05) is 7.11 Å². The number of nitrogens with one attached hydrogen (secondary N) is 1. The number of amides is 1. The molecule has 4 heteroatoms. The van der Waals surface area contributed by atoms with Crippen LogP contribution in [0.4, 0.5) is 0 Å². The van der Waals surface area contributed by atoms with Crippen molar-refractivity contribution in [3.8, 4) is 5.69 Å². The van der Waals surface area contributed by atoms with Gasteiger partial charge in [-0.3, -0.25) is 4.79 Å². The van der Waals surface area contributed by atoms with Gasteiger partial charge in [-0.1, -0.05) is 36.4 Å². The van der Waals surface area contributed by atoms with Crippen molar-refractivity contribution in [1.29, 1.82) is 0 Å². The lowest BCUT2D eigenvalue weighted by molar-refractivity contribution is 0.0950. The summed E-state index contributed by atoms with van der Waals surface area (Å²) in [5, 5.41) is 3.05. The van der Waals surface area contributed by atoms with Crippen LogP contribution in [0.25, 0.3) is 5.69 Å². The van der Waals surface area contributed by atoms with Gasteiger partial charge in [0.05, 0.1) is 12.2 Å². The van der Waals surface area contributed by atoms with Crippen LogP contribution in [0.1, 0.15) is 38.4 Å². The molecule has 0 aliphatic carbocycles. The quantitative estimate of drug-likeness (QED) is 0.703. The summed E-state index contributed by atoms with van der Waals surface area (Å²) in [5.74, 6) is -0.0609. The minimum Gasteiger partial charge on any atom is -0.380 e. The first kappa shape index (κ1) is 18.9. The Morgan fingerprint density at radius 3 is 2.44 bits per heavy atom. The smallest absolute Gasteiger partial charge is 0.253 e. The predicted octanol–water partition coefficient (Wildman–Crippen LogP) is 4.48. The van der Waals surface area contributed by atoms with Crippen molar-refractivity contribution in [2.45, 2.75) is 33.9 Å². The van der Waals surface area contributed by atoms with Crippen molar-refractivity contribution in [3.05, 3.63) is 88.2 Å². The second-order valence-electron chi connectivity index (χ2n) is 6.84. The zero-order chi connectivity index (χ0) is 19.4. The van der Waals surface area contributed by atoms with Crippen molar-refractivity contribution >= 4 is 5.91 Å². The normalized spacial score (nSPS) is 10.8. The Hall–Kier alpha value is -2.85. The van der Waals surface area contributed by atoms with Gasteiger partial charge in [0.25, 0.3) is 5.91 Å². The lowest BCUT2D eigenvalue weighted by Crippen LogP contribution is -2.24. The Morgan fingerprint density at radius 2 is 1.74 bits per heavy atom. The minimum absolute atomic E-state index is 0.0609. The van der Waals surface area contributed by atoms with Crippen molar-refractivity contribution in [1.82, 2.24) is 9.88 Å². The molecule has 0 aliphatic rings. The molecule has 0 saturated carbocycles. The van der Waals surface area contributed by atoms with E-state index in [1.54, 1.807) is 7.11 Å². The highest BCUT2D eigenvalue weighted by molar-refractivity contribution is 5.95. The minimum atomic E-state index is -0.0609. The van der Waals surface area contributed by atoms with Crippen LogP contribution in [0.5, 0.6) is 0 Å². The maximum absolute atomic E-state index is 12.8. The average molecular weight is 362 g/mol. The van der Waals surface area contributed by atoms with Crippen LogP contribution in [0, 0.1) is 20.8 Å². The number of methoxy groups -OCH3 is 1. The van der Waals surface area contributed by atoms with Gasteiger partial charge in [0.15, 0.2) is 0 Å². The molecule has 0 unspecified atom stereocenters. The van der Waals surface area contributed by atoms with Crippen LogP contribution >= 0.6 is 0 Å². The first-order valence-electron chi connectivity index (χ1n) is 9.11. The van der Waals surface area contributed by atoms with Crippen molar-refractivity contribution < 1.29 is 9.53 Å². The summed E-state index contributed by atoms with van der Waals surface area (Å²) >= 11 is 0. The van der Waals surface area contributed by atoms with Crippen LogP contribution in [-0.2, 0) is 17.9 Å². The number of hydrogen-bond donors (Lipinski definition) is 1. The summed E-state index contributed by atoms with van der Waals surface area (Å²) in [5.41, 5.74) is 7.13. The third kappa shape index (κ3) is 4.12. The van der Waals surface area contributed by atoms with E-state index < -0.39 is 0 Å². The van der Waals surface area contributed by atoms with E-state index in [9.17, 15) is 4.79 Å². The van der Waals surface area contributed by atoms with E-state index in [0.717, 1.165) is 28.2 Å². The molecule has 1 heterocycles. The molecule has 2 aromatic carbocycles. The van der Waals surface area contributed by atoms with Crippen LogP contribution in [0.15, 0.2) is 54.6 Å². The Kier molecular flexibility index (Phi) is 5.77. The van der Waals surface area contributed by atoms with E-state index in [1.807, 2.05) is 50.2 Å². The van der Waals surface area contributed by atoms with E-state index in [4.69, 9.17) is 4.74 Å². The number of aromatic nitrogens is 1. The summed E-state index contributed by atoms with van der Waals surface area (Å²) in [6, 6.07) is 18.3. The van der Waals surface area contributed by atoms with Gasteiger partial charge in [-0.2, -0.15) is 0 Å². The molecule has 1 aromatic heterocycles. The topological polar surface area (TPSA) is 43.3 Å². The van der Waals surface area contributed by atoms with Gasteiger partial charge >= 0.3 is 0 Å². The summed E-state index contributed by atoms with van der Waals surface area (Å²) in [7, 11) is 1.68. The van der Waals surface area contributed by atoms with Gasteiger partial charge in [-0.25, -0.2) is 0 Å². The first-order chi connectivity index (χ1) is 13.0. The molecule has 0 fully saturated rings. The van der Waals surface area contributed by atoms with Gasteiger partial charge < -0.3 is 14.6 Å². The van der Waals surface area contributed by atoms with E-state index >= 15 is 0 Å². The maximum Gasteiger partial charge on any atom is 0.253 e. The molecule has 3 rings (SSSR count). The lowest BCUT2D eigenvalue weighted by Gasteiger charge is -2.12. The number of carbonyl (C=O) groups excluding carboxylic acids is 1. The molecular formula is C23H26N2O2. The number of benzene rings is 2. The molecule has 4 nitrogen and oxygen atoms in total. The molecule has 27 heavy (non-hydrogen) atoms. The molecule has 0 aliphatic heterocycles. The molecule has 3 aromatic rings. The Bertz CT molecular complexity index is 957. The molecular weight excluding hydrogens is 336 g/mol. The summed E-state index contributed by atoms with van der Waals surface area (Å²) < 4.78 is 7.37. The number of ether oxygens (including phenoxy) is 1.